The van der Waals surface area contributed by atoms with Crippen LogP contribution in [0, 0.1) is 0 Å². The third-order valence-electron chi connectivity index (χ3n) is 2.85. The number of halogens is 3. The zero-order chi connectivity index (χ0) is 16.8. The fraction of sp³-hybridized carbons (Fsp3) is 0.429. The smallest absolute Gasteiger partial charge is 0.416 e. The molecule has 0 saturated carbocycles. The van der Waals surface area contributed by atoms with Gasteiger partial charge in [-0.2, -0.15) is 24.9 Å². The van der Waals surface area contributed by atoms with Gasteiger partial charge in [0.1, 0.15) is 6.54 Å². The van der Waals surface area contributed by atoms with Crippen molar-refractivity contribution in [3.8, 4) is 0 Å². The highest BCUT2D eigenvalue weighted by Gasteiger charge is 2.30. The average molecular weight is 335 g/mol. The largest absolute Gasteiger partial charge is 0.480 e. The molecule has 1 aromatic rings. The monoisotopic (exact) mass is 335 g/mol. The first-order valence-electron chi connectivity index (χ1n) is 6.38. The second-order valence-corrected chi connectivity index (χ2v) is 5.57. The molecule has 0 heterocycles. The fourth-order valence-electron chi connectivity index (χ4n) is 1.76. The normalized spacial score (nSPS) is 11.3. The molecular formula is C14H16F3NO3S. The van der Waals surface area contributed by atoms with Gasteiger partial charge in [0.2, 0.25) is 5.91 Å². The van der Waals surface area contributed by atoms with E-state index in [0.29, 0.717) is 11.3 Å². The second-order valence-electron chi connectivity index (χ2n) is 4.58. The Morgan fingerprint density at radius 1 is 1.23 bits per heavy atom. The van der Waals surface area contributed by atoms with Gasteiger partial charge in [-0.3, -0.25) is 9.59 Å². The number of amides is 1. The maximum Gasteiger partial charge on any atom is 0.416 e. The number of hydrogen-bond acceptors (Lipinski definition) is 3. The SMILES string of the molecule is CSCCC(=O)N(CC(=O)O)Cc1ccc(C(F)(F)F)cc1. The molecule has 0 bridgehead atoms. The van der Waals surface area contributed by atoms with Crippen LogP contribution in [0.5, 0.6) is 0 Å². The summed E-state index contributed by atoms with van der Waals surface area (Å²) in [6.45, 7) is -0.508. The molecule has 1 rings (SSSR count). The van der Waals surface area contributed by atoms with E-state index in [-0.39, 0.29) is 18.9 Å². The van der Waals surface area contributed by atoms with Gasteiger partial charge in [-0.1, -0.05) is 12.1 Å². The van der Waals surface area contributed by atoms with Gasteiger partial charge in [0.15, 0.2) is 0 Å². The Bertz CT molecular complexity index is 517. The lowest BCUT2D eigenvalue weighted by molar-refractivity contribution is -0.144. The highest BCUT2D eigenvalue weighted by Crippen LogP contribution is 2.29. The zero-order valence-corrected chi connectivity index (χ0v) is 12.7. The molecule has 0 unspecified atom stereocenters. The van der Waals surface area contributed by atoms with Crippen molar-refractivity contribution < 1.29 is 27.9 Å². The summed E-state index contributed by atoms with van der Waals surface area (Å²) in [7, 11) is 0. The molecule has 22 heavy (non-hydrogen) atoms. The topological polar surface area (TPSA) is 57.6 Å². The van der Waals surface area contributed by atoms with Gasteiger partial charge in [-0.15, -0.1) is 0 Å². The van der Waals surface area contributed by atoms with Gasteiger partial charge < -0.3 is 10.0 Å². The number of thioether (sulfide) groups is 1. The molecule has 0 aromatic heterocycles. The van der Waals surface area contributed by atoms with Crippen LogP contribution in [0.3, 0.4) is 0 Å². The van der Waals surface area contributed by atoms with Crippen LogP contribution in [0.2, 0.25) is 0 Å². The van der Waals surface area contributed by atoms with Crippen molar-refractivity contribution in [1.82, 2.24) is 4.90 Å². The van der Waals surface area contributed by atoms with Crippen LogP contribution in [0.1, 0.15) is 17.5 Å². The number of benzene rings is 1. The average Bonchev–Trinajstić information content (AvgIpc) is 2.43. The Labute approximate surface area is 130 Å². The van der Waals surface area contributed by atoms with Gasteiger partial charge in [0.05, 0.1) is 5.56 Å². The van der Waals surface area contributed by atoms with Crippen molar-refractivity contribution in [3.63, 3.8) is 0 Å². The summed E-state index contributed by atoms with van der Waals surface area (Å²) in [5.41, 5.74) is -0.332. The molecule has 1 amide bonds. The molecule has 0 aliphatic carbocycles. The molecule has 1 aromatic carbocycles. The van der Waals surface area contributed by atoms with Gasteiger partial charge in [-0.25, -0.2) is 0 Å². The highest BCUT2D eigenvalue weighted by atomic mass is 32.2. The molecule has 1 N–H and O–H groups in total. The summed E-state index contributed by atoms with van der Waals surface area (Å²) >= 11 is 1.46. The standard InChI is InChI=1S/C14H16F3NO3S/c1-22-7-6-12(19)18(9-13(20)21)8-10-2-4-11(5-3-10)14(15,16)17/h2-5H,6-9H2,1H3,(H,20,21). The Kier molecular flexibility index (Phi) is 6.73. The number of carbonyl (C=O) groups excluding carboxylic acids is 1. The Morgan fingerprint density at radius 3 is 2.27 bits per heavy atom. The Hall–Kier alpha value is -1.70. The van der Waals surface area contributed by atoms with Crippen LogP contribution < -0.4 is 0 Å². The molecule has 0 aliphatic rings. The lowest BCUT2D eigenvalue weighted by atomic mass is 10.1. The summed E-state index contributed by atoms with van der Waals surface area (Å²) in [5.74, 6) is -0.942. The van der Waals surface area contributed by atoms with Crippen LogP contribution in [-0.4, -0.2) is 40.4 Å². The first kappa shape index (κ1) is 18.3. The summed E-state index contributed by atoms with van der Waals surface area (Å²) in [4.78, 5) is 23.9. The van der Waals surface area contributed by atoms with Crippen molar-refractivity contribution in [2.45, 2.75) is 19.1 Å². The second kappa shape index (κ2) is 8.07. The van der Waals surface area contributed by atoms with E-state index in [1.807, 2.05) is 6.26 Å². The number of alkyl halides is 3. The molecule has 0 spiro atoms. The summed E-state index contributed by atoms with van der Waals surface area (Å²) in [5, 5.41) is 8.84. The van der Waals surface area contributed by atoms with E-state index in [2.05, 4.69) is 0 Å². The van der Waals surface area contributed by atoms with Crippen LogP contribution in [0.25, 0.3) is 0 Å². The third-order valence-corrected chi connectivity index (χ3v) is 3.47. The number of carboxylic acid groups (broad SMARTS) is 1. The van der Waals surface area contributed by atoms with Crippen LogP contribution >= 0.6 is 11.8 Å². The van der Waals surface area contributed by atoms with Crippen molar-refractivity contribution in [1.29, 1.82) is 0 Å². The molecule has 0 radical (unpaired) electrons. The van der Waals surface area contributed by atoms with Crippen molar-refractivity contribution >= 4 is 23.6 Å². The number of rotatable bonds is 7. The van der Waals surface area contributed by atoms with Crippen molar-refractivity contribution in [2.24, 2.45) is 0 Å². The number of nitrogens with zero attached hydrogens (tertiary/aromatic N) is 1. The molecule has 122 valence electrons. The maximum absolute atomic E-state index is 12.5. The minimum atomic E-state index is -4.42. The van der Waals surface area contributed by atoms with Gasteiger partial charge >= 0.3 is 12.1 Å². The fourth-order valence-corrected chi connectivity index (χ4v) is 2.14. The predicted octanol–water partition coefficient (Wildman–Crippen LogP) is 2.87. The minimum absolute atomic E-state index is 0.0301. The zero-order valence-electron chi connectivity index (χ0n) is 11.9. The van der Waals surface area contributed by atoms with Crippen LogP contribution in [-0.2, 0) is 22.3 Å². The Morgan fingerprint density at radius 2 is 1.82 bits per heavy atom. The lowest BCUT2D eigenvalue weighted by Gasteiger charge is -2.21. The first-order chi connectivity index (χ1) is 10.2. The number of aliphatic carboxylic acids is 1. The van der Waals surface area contributed by atoms with E-state index >= 15 is 0 Å². The summed E-state index contributed by atoms with van der Waals surface area (Å²) in [6.07, 6.45) is -2.41. The minimum Gasteiger partial charge on any atom is -0.480 e. The van der Waals surface area contributed by atoms with Gasteiger partial charge in [0.25, 0.3) is 0 Å². The van der Waals surface area contributed by atoms with Crippen molar-refractivity contribution in [3.05, 3.63) is 35.4 Å². The van der Waals surface area contributed by atoms with E-state index in [1.54, 1.807) is 0 Å². The molecule has 0 saturated heterocycles. The van der Waals surface area contributed by atoms with Crippen LogP contribution in [0.4, 0.5) is 13.2 Å². The van der Waals surface area contributed by atoms with E-state index in [4.69, 9.17) is 5.11 Å². The van der Waals surface area contributed by atoms with Gasteiger partial charge in [0, 0.05) is 18.7 Å². The third kappa shape index (κ3) is 5.97. The molecule has 0 aliphatic heterocycles. The quantitative estimate of drug-likeness (QED) is 0.832. The first-order valence-corrected chi connectivity index (χ1v) is 7.78. The predicted molar refractivity (Wildman–Crippen MR) is 77.5 cm³/mol. The van der Waals surface area contributed by atoms with E-state index < -0.39 is 24.3 Å². The van der Waals surface area contributed by atoms with E-state index in [9.17, 15) is 22.8 Å². The van der Waals surface area contributed by atoms with E-state index in [1.165, 1.54) is 23.9 Å². The van der Waals surface area contributed by atoms with E-state index in [0.717, 1.165) is 17.0 Å². The maximum atomic E-state index is 12.5. The molecule has 4 nitrogen and oxygen atoms in total. The van der Waals surface area contributed by atoms with Crippen LogP contribution in [0.15, 0.2) is 24.3 Å². The molecular weight excluding hydrogens is 319 g/mol. The Balaban J connectivity index is 2.80. The molecule has 0 atom stereocenters. The number of carboxylic acids is 1. The summed E-state index contributed by atoms with van der Waals surface area (Å²) in [6, 6.07) is 4.33. The summed E-state index contributed by atoms with van der Waals surface area (Å²) < 4.78 is 37.4. The molecule has 0 fully saturated rings. The van der Waals surface area contributed by atoms with Crippen molar-refractivity contribution in [2.75, 3.05) is 18.6 Å². The number of carbonyl (C=O) groups is 2. The number of hydrogen-bond donors (Lipinski definition) is 1. The van der Waals surface area contributed by atoms with Gasteiger partial charge in [-0.05, 0) is 24.0 Å². The lowest BCUT2D eigenvalue weighted by Crippen LogP contribution is -2.35. The molecule has 8 heteroatoms. The highest BCUT2D eigenvalue weighted by molar-refractivity contribution is 7.98.